The van der Waals surface area contributed by atoms with E-state index in [2.05, 4.69) is 5.32 Å². The van der Waals surface area contributed by atoms with Crippen LogP contribution < -0.4 is 10.2 Å². The van der Waals surface area contributed by atoms with Crippen molar-refractivity contribution in [3.05, 3.63) is 54.0 Å². The Kier molecular flexibility index (Phi) is 4.06. The smallest absolute Gasteiger partial charge is 0.321 e. The second-order valence-electron chi connectivity index (χ2n) is 5.54. The topological polar surface area (TPSA) is 65.8 Å². The van der Waals surface area contributed by atoms with E-state index in [0.717, 1.165) is 11.4 Å². The monoisotopic (exact) mass is 313 g/mol. The first-order chi connectivity index (χ1) is 11.1. The predicted octanol–water partition coefficient (Wildman–Crippen LogP) is 2.64. The minimum absolute atomic E-state index is 0.0914. The van der Waals surface area contributed by atoms with Crippen LogP contribution in [0.3, 0.4) is 0 Å². The summed E-state index contributed by atoms with van der Waals surface area (Å²) in [5.74, 6) is 0.650. The van der Waals surface area contributed by atoms with Crippen LogP contribution >= 0.6 is 0 Å². The van der Waals surface area contributed by atoms with Crippen LogP contribution in [-0.4, -0.2) is 37.0 Å². The molecule has 0 radical (unpaired) electrons. The van der Waals surface area contributed by atoms with Gasteiger partial charge in [0.25, 0.3) is 5.91 Å². The van der Waals surface area contributed by atoms with Crippen LogP contribution in [0, 0.1) is 0 Å². The molecule has 0 spiro atoms. The summed E-state index contributed by atoms with van der Waals surface area (Å²) in [6.07, 6.45) is 1.60. The molecule has 6 heteroatoms. The molecule has 1 aliphatic rings. The van der Waals surface area contributed by atoms with Crippen molar-refractivity contribution in [2.45, 2.75) is 13.0 Å². The number of hydrogen-bond acceptors (Lipinski definition) is 3. The van der Waals surface area contributed by atoms with Gasteiger partial charge in [-0.05, 0) is 43.3 Å². The molecule has 1 N–H and O–H groups in total. The maximum atomic E-state index is 12.6. The van der Waals surface area contributed by atoms with Gasteiger partial charge in [0, 0.05) is 31.4 Å². The standard InChI is InChI=1S/C17H19N3O3/c1-12(15-4-3-11-23-15)19(2)16(21)13-5-7-14(8-6-13)20-10-9-18-17(20)22/h3-8,11-12H,9-10H2,1-2H3,(H,18,22). The number of furan rings is 1. The van der Waals surface area contributed by atoms with Crippen LogP contribution in [0.25, 0.3) is 0 Å². The van der Waals surface area contributed by atoms with Crippen molar-refractivity contribution in [1.29, 1.82) is 0 Å². The molecule has 0 bridgehead atoms. The third-order valence-electron chi connectivity index (χ3n) is 4.14. The Morgan fingerprint density at radius 3 is 2.61 bits per heavy atom. The molecule has 1 aromatic carbocycles. The highest BCUT2D eigenvalue weighted by Gasteiger charge is 2.23. The molecule has 1 fully saturated rings. The van der Waals surface area contributed by atoms with E-state index in [4.69, 9.17) is 4.42 Å². The number of amides is 3. The molecule has 3 amide bonds. The number of carbonyl (C=O) groups is 2. The molecule has 0 saturated carbocycles. The zero-order valence-electron chi connectivity index (χ0n) is 13.2. The largest absolute Gasteiger partial charge is 0.467 e. The van der Waals surface area contributed by atoms with Crippen LogP contribution in [0.2, 0.25) is 0 Å². The lowest BCUT2D eigenvalue weighted by atomic mass is 10.1. The first-order valence-electron chi connectivity index (χ1n) is 7.54. The van der Waals surface area contributed by atoms with E-state index in [9.17, 15) is 9.59 Å². The van der Waals surface area contributed by atoms with Crippen LogP contribution in [0.5, 0.6) is 0 Å². The third-order valence-corrected chi connectivity index (χ3v) is 4.14. The van der Waals surface area contributed by atoms with Crippen LogP contribution in [-0.2, 0) is 0 Å². The van der Waals surface area contributed by atoms with Gasteiger partial charge in [0.15, 0.2) is 0 Å². The summed E-state index contributed by atoms with van der Waals surface area (Å²) in [6, 6.07) is 10.5. The summed E-state index contributed by atoms with van der Waals surface area (Å²) in [7, 11) is 1.75. The Morgan fingerprint density at radius 2 is 2.04 bits per heavy atom. The number of nitrogens with zero attached hydrogens (tertiary/aromatic N) is 2. The minimum Gasteiger partial charge on any atom is -0.467 e. The fraction of sp³-hybridized carbons (Fsp3) is 0.294. The van der Waals surface area contributed by atoms with E-state index in [1.807, 2.05) is 13.0 Å². The van der Waals surface area contributed by atoms with Gasteiger partial charge in [-0.2, -0.15) is 0 Å². The second-order valence-corrected chi connectivity index (χ2v) is 5.54. The number of hydrogen-bond donors (Lipinski definition) is 1. The lowest BCUT2D eigenvalue weighted by Crippen LogP contribution is -2.30. The van der Waals surface area contributed by atoms with E-state index < -0.39 is 0 Å². The summed E-state index contributed by atoms with van der Waals surface area (Å²) in [6.45, 7) is 3.20. The molecule has 2 heterocycles. The maximum absolute atomic E-state index is 12.6. The normalized spacial score (nSPS) is 15.4. The van der Waals surface area contributed by atoms with E-state index >= 15 is 0 Å². The number of carbonyl (C=O) groups excluding carboxylic acids is 2. The van der Waals surface area contributed by atoms with Gasteiger partial charge in [-0.3, -0.25) is 9.69 Å². The van der Waals surface area contributed by atoms with Crippen molar-refractivity contribution in [1.82, 2.24) is 10.2 Å². The Bertz CT molecular complexity index is 694. The van der Waals surface area contributed by atoms with Crippen molar-refractivity contribution in [3.8, 4) is 0 Å². The van der Waals surface area contributed by atoms with Gasteiger partial charge >= 0.3 is 6.03 Å². The lowest BCUT2D eigenvalue weighted by Gasteiger charge is -2.23. The minimum atomic E-state index is -0.151. The molecule has 6 nitrogen and oxygen atoms in total. The van der Waals surface area contributed by atoms with Crippen LogP contribution in [0.15, 0.2) is 47.1 Å². The molecule has 23 heavy (non-hydrogen) atoms. The highest BCUT2D eigenvalue weighted by Crippen LogP contribution is 2.22. The maximum Gasteiger partial charge on any atom is 0.321 e. The molecule has 1 aliphatic heterocycles. The molecular weight excluding hydrogens is 294 g/mol. The van der Waals surface area contributed by atoms with E-state index in [1.165, 1.54) is 0 Å². The van der Waals surface area contributed by atoms with Gasteiger partial charge < -0.3 is 14.6 Å². The van der Waals surface area contributed by atoms with E-state index in [0.29, 0.717) is 18.7 Å². The van der Waals surface area contributed by atoms with Crippen LogP contribution in [0.4, 0.5) is 10.5 Å². The summed E-state index contributed by atoms with van der Waals surface area (Å²) < 4.78 is 5.36. The predicted molar refractivity (Wildman–Crippen MR) is 86.4 cm³/mol. The van der Waals surface area contributed by atoms with Gasteiger partial charge in [0.05, 0.1) is 12.3 Å². The zero-order valence-corrected chi connectivity index (χ0v) is 13.2. The number of rotatable bonds is 4. The lowest BCUT2D eigenvalue weighted by molar-refractivity contribution is 0.0726. The highest BCUT2D eigenvalue weighted by molar-refractivity contribution is 5.97. The average Bonchev–Trinajstić information content (AvgIpc) is 3.24. The van der Waals surface area contributed by atoms with Gasteiger partial charge in [0.1, 0.15) is 5.76 Å². The Balaban J connectivity index is 1.73. The summed E-state index contributed by atoms with van der Waals surface area (Å²) in [5, 5.41) is 2.76. The SMILES string of the molecule is CC(c1ccco1)N(C)C(=O)c1ccc(N2CCNC2=O)cc1. The zero-order chi connectivity index (χ0) is 16.4. The molecule has 3 rings (SSSR count). The number of benzene rings is 1. The molecule has 2 aromatic rings. The van der Waals surface area contributed by atoms with Gasteiger partial charge in [-0.1, -0.05) is 0 Å². The number of nitrogens with one attached hydrogen (secondary N) is 1. The van der Waals surface area contributed by atoms with Crippen molar-refractivity contribution < 1.29 is 14.0 Å². The second kappa shape index (κ2) is 6.16. The van der Waals surface area contributed by atoms with Crippen molar-refractivity contribution in [2.75, 3.05) is 25.0 Å². The van der Waals surface area contributed by atoms with Crippen LogP contribution in [0.1, 0.15) is 29.1 Å². The highest BCUT2D eigenvalue weighted by atomic mass is 16.3. The van der Waals surface area contributed by atoms with Crippen molar-refractivity contribution in [3.63, 3.8) is 0 Å². The van der Waals surface area contributed by atoms with E-state index in [1.54, 1.807) is 53.4 Å². The molecular formula is C17H19N3O3. The van der Waals surface area contributed by atoms with Gasteiger partial charge in [-0.15, -0.1) is 0 Å². The molecule has 120 valence electrons. The first-order valence-corrected chi connectivity index (χ1v) is 7.54. The molecule has 1 aromatic heterocycles. The Labute approximate surface area is 134 Å². The average molecular weight is 313 g/mol. The van der Waals surface area contributed by atoms with Crippen molar-refractivity contribution >= 4 is 17.6 Å². The third kappa shape index (κ3) is 2.92. The summed E-state index contributed by atoms with van der Waals surface area (Å²) >= 11 is 0. The Morgan fingerprint density at radius 1 is 1.30 bits per heavy atom. The summed E-state index contributed by atoms with van der Waals surface area (Å²) in [5.41, 5.74) is 1.37. The molecule has 0 aliphatic carbocycles. The van der Waals surface area contributed by atoms with Crippen molar-refractivity contribution in [2.24, 2.45) is 0 Å². The Hall–Kier alpha value is -2.76. The van der Waals surface area contributed by atoms with E-state index in [-0.39, 0.29) is 18.0 Å². The fourth-order valence-corrected chi connectivity index (χ4v) is 2.60. The number of urea groups is 1. The quantitative estimate of drug-likeness (QED) is 0.943. The van der Waals surface area contributed by atoms with Gasteiger partial charge in [0.2, 0.25) is 0 Å². The number of anilines is 1. The molecule has 1 saturated heterocycles. The summed E-state index contributed by atoms with van der Waals surface area (Å²) in [4.78, 5) is 27.5. The molecule has 1 unspecified atom stereocenters. The fourth-order valence-electron chi connectivity index (χ4n) is 2.60. The first kappa shape index (κ1) is 15.1. The molecule has 1 atom stereocenters. The van der Waals surface area contributed by atoms with Gasteiger partial charge in [-0.25, -0.2) is 4.79 Å².